The summed E-state index contributed by atoms with van der Waals surface area (Å²) >= 11 is 1.39. The maximum atomic E-state index is 9.57. The number of nitrogen functional groups attached to an aromatic ring is 1. The van der Waals surface area contributed by atoms with E-state index in [0.717, 1.165) is 41.9 Å². The second-order valence-corrected chi connectivity index (χ2v) is 6.00. The number of nitrogens with zero attached hydrogens (tertiary/aromatic N) is 2. The first kappa shape index (κ1) is 13.3. The number of rotatable bonds is 4. The number of nitrogens with two attached hydrogens (primary N) is 1. The molecule has 20 heavy (non-hydrogen) atoms. The zero-order valence-corrected chi connectivity index (χ0v) is 11.9. The predicted octanol–water partition coefficient (Wildman–Crippen LogP) is 2.36. The minimum atomic E-state index is -0.131. The van der Waals surface area contributed by atoms with Crippen LogP contribution in [0.5, 0.6) is 0 Å². The summed E-state index contributed by atoms with van der Waals surface area (Å²) in [5.41, 5.74) is 7.96. The van der Waals surface area contributed by atoms with Crippen LogP contribution >= 0.6 is 11.5 Å². The van der Waals surface area contributed by atoms with Crippen LogP contribution < -0.4 is 11.1 Å². The molecule has 2 aromatic heterocycles. The van der Waals surface area contributed by atoms with E-state index in [4.69, 9.17) is 5.73 Å². The van der Waals surface area contributed by atoms with E-state index in [2.05, 4.69) is 14.7 Å². The standard InChI is InChI=1S/C14H18N4OS/c15-13-12(10-3-5-16-6-4-10)14(20-18-13)17-8-9-1-2-11(19)7-9/h3-6,9,11,17,19H,1-2,7-8H2,(H2,15,18). The van der Waals surface area contributed by atoms with Gasteiger partial charge in [0.15, 0.2) is 0 Å². The van der Waals surface area contributed by atoms with Crippen molar-refractivity contribution < 1.29 is 5.11 Å². The summed E-state index contributed by atoms with van der Waals surface area (Å²) in [7, 11) is 0. The molecule has 2 aromatic rings. The van der Waals surface area contributed by atoms with E-state index >= 15 is 0 Å². The molecule has 1 fully saturated rings. The largest absolute Gasteiger partial charge is 0.393 e. The first-order valence-electron chi connectivity index (χ1n) is 6.81. The number of pyridine rings is 1. The van der Waals surface area contributed by atoms with Gasteiger partial charge in [0.05, 0.1) is 11.7 Å². The van der Waals surface area contributed by atoms with E-state index in [-0.39, 0.29) is 6.10 Å². The lowest BCUT2D eigenvalue weighted by atomic mass is 10.1. The van der Waals surface area contributed by atoms with Gasteiger partial charge in [-0.25, -0.2) is 0 Å². The van der Waals surface area contributed by atoms with E-state index in [9.17, 15) is 5.11 Å². The minimum absolute atomic E-state index is 0.131. The molecule has 0 radical (unpaired) electrons. The van der Waals surface area contributed by atoms with Crippen molar-refractivity contribution in [2.24, 2.45) is 5.92 Å². The summed E-state index contributed by atoms with van der Waals surface area (Å²) in [6, 6.07) is 3.87. The Balaban J connectivity index is 1.74. The minimum Gasteiger partial charge on any atom is -0.393 e. The van der Waals surface area contributed by atoms with Crippen molar-refractivity contribution in [2.45, 2.75) is 25.4 Å². The summed E-state index contributed by atoms with van der Waals surface area (Å²) in [5.74, 6) is 1.08. The Kier molecular flexibility index (Phi) is 3.84. The molecule has 0 aliphatic heterocycles. The molecule has 2 atom stereocenters. The van der Waals surface area contributed by atoms with Crippen LogP contribution in [0.1, 0.15) is 19.3 Å². The highest BCUT2D eigenvalue weighted by Gasteiger charge is 2.23. The van der Waals surface area contributed by atoms with Crippen molar-refractivity contribution >= 4 is 22.4 Å². The molecule has 2 unspecified atom stereocenters. The molecule has 0 amide bonds. The van der Waals surface area contributed by atoms with E-state index in [1.54, 1.807) is 12.4 Å². The summed E-state index contributed by atoms with van der Waals surface area (Å²) in [6.45, 7) is 0.858. The van der Waals surface area contributed by atoms with E-state index in [1.165, 1.54) is 11.5 Å². The van der Waals surface area contributed by atoms with Crippen LogP contribution in [0.25, 0.3) is 11.1 Å². The Morgan fingerprint density at radius 1 is 1.35 bits per heavy atom. The average Bonchev–Trinajstić information content (AvgIpc) is 3.03. The van der Waals surface area contributed by atoms with Gasteiger partial charge < -0.3 is 16.2 Å². The van der Waals surface area contributed by atoms with E-state index in [0.29, 0.717) is 11.7 Å². The molecule has 2 heterocycles. The van der Waals surface area contributed by atoms with Gasteiger partial charge in [0.1, 0.15) is 10.8 Å². The fraction of sp³-hybridized carbons (Fsp3) is 0.429. The zero-order valence-electron chi connectivity index (χ0n) is 11.1. The topological polar surface area (TPSA) is 84.1 Å². The second kappa shape index (κ2) is 5.76. The van der Waals surface area contributed by atoms with Crippen LogP contribution in [0.3, 0.4) is 0 Å². The molecule has 0 aromatic carbocycles. The number of aliphatic hydroxyl groups excluding tert-OH is 1. The average molecular weight is 290 g/mol. The molecular weight excluding hydrogens is 272 g/mol. The number of nitrogens with one attached hydrogen (secondary N) is 1. The van der Waals surface area contributed by atoms with Crippen LogP contribution in [-0.4, -0.2) is 27.1 Å². The summed E-state index contributed by atoms with van der Waals surface area (Å²) in [5, 5.41) is 14.0. The first-order valence-corrected chi connectivity index (χ1v) is 7.59. The van der Waals surface area contributed by atoms with Gasteiger partial charge in [-0.2, -0.15) is 4.37 Å². The number of aromatic nitrogens is 2. The molecule has 1 saturated carbocycles. The van der Waals surface area contributed by atoms with Crippen molar-refractivity contribution in [3.8, 4) is 11.1 Å². The smallest absolute Gasteiger partial charge is 0.147 e. The molecule has 1 aliphatic carbocycles. The molecule has 106 valence electrons. The maximum Gasteiger partial charge on any atom is 0.147 e. The number of hydrogen-bond acceptors (Lipinski definition) is 6. The van der Waals surface area contributed by atoms with Crippen LogP contribution in [0.4, 0.5) is 10.8 Å². The van der Waals surface area contributed by atoms with Gasteiger partial charge in [-0.1, -0.05) is 0 Å². The molecule has 6 heteroatoms. The Morgan fingerprint density at radius 2 is 2.15 bits per heavy atom. The number of aliphatic hydroxyl groups is 1. The molecule has 0 saturated heterocycles. The van der Waals surface area contributed by atoms with Crippen LogP contribution in [0.15, 0.2) is 24.5 Å². The molecule has 0 spiro atoms. The van der Waals surface area contributed by atoms with Crippen molar-refractivity contribution in [1.29, 1.82) is 0 Å². The molecule has 4 N–H and O–H groups in total. The Bertz CT molecular complexity index is 572. The Morgan fingerprint density at radius 3 is 2.85 bits per heavy atom. The highest BCUT2D eigenvalue weighted by molar-refractivity contribution is 7.11. The third-order valence-electron chi connectivity index (χ3n) is 3.75. The van der Waals surface area contributed by atoms with Gasteiger partial charge in [-0.15, -0.1) is 0 Å². The first-order chi connectivity index (χ1) is 9.74. The molecule has 1 aliphatic rings. The van der Waals surface area contributed by atoms with Gasteiger partial charge in [0.2, 0.25) is 0 Å². The molecule has 5 nitrogen and oxygen atoms in total. The van der Waals surface area contributed by atoms with Crippen molar-refractivity contribution in [3.63, 3.8) is 0 Å². The van der Waals surface area contributed by atoms with Crippen LogP contribution in [0.2, 0.25) is 0 Å². The molecular formula is C14H18N4OS. The zero-order chi connectivity index (χ0) is 13.9. The Hall–Kier alpha value is -1.66. The number of hydrogen-bond donors (Lipinski definition) is 3. The lowest BCUT2D eigenvalue weighted by Crippen LogP contribution is -2.12. The van der Waals surface area contributed by atoms with Crippen LogP contribution in [0, 0.1) is 5.92 Å². The van der Waals surface area contributed by atoms with E-state index in [1.807, 2.05) is 12.1 Å². The highest BCUT2D eigenvalue weighted by Crippen LogP contribution is 2.37. The quantitative estimate of drug-likeness (QED) is 0.805. The SMILES string of the molecule is Nc1nsc(NCC2CCC(O)C2)c1-c1ccncc1. The summed E-state index contributed by atoms with van der Waals surface area (Å²) in [4.78, 5) is 4.03. The van der Waals surface area contributed by atoms with Gasteiger partial charge in [-0.05, 0) is 54.4 Å². The fourth-order valence-electron chi connectivity index (χ4n) is 2.69. The lowest BCUT2D eigenvalue weighted by molar-refractivity contribution is 0.178. The second-order valence-electron chi connectivity index (χ2n) is 5.22. The predicted molar refractivity (Wildman–Crippen MR) is 81.6 cm³/mol. The monoisotopic (exact) mass is 290 g/mol. The highest BCUT2D eigenvalue weighted by atomic mass is 32.1. The van der Waals surface area contributed by atoms with E-state index < -0.39 is 0 Å². The van der Waals surface area contributed by atoms with Gasteiger partial charge in [0.25, 0.3) is 0 Å². The molecule has 3 rings (SSSR count). The normalized spacial score (nSPS) is 22.1. The lowest BCUT2D eigenvalue weighted by Gasteiger charge is -2.12. The van der Waals surface area contributed by atoms with Gasteiger partial charge in [-0.3, -0.25) is 4.98 Å². The fourth-order valence-corrected chi connectivity index (χ4v) is 3.43. The van der Waals surface area contributed by atoms with Crippen molar-refractivity contribution in [2.75, 3.05) is 17.6 Å². The summed E-state index contributed by atoms with van der Waals surface area (Å²) in [6.07, 6.45) is 6.24. The van der Waals surface area contributed by atoms with Gasteiger partial charge >= 0.3 is 0 Å². The third-order valence-corrected chi connectivity index (χ3v) is 4.57. The van der Waals surface area contributed by atoms with Gasteiger partial charge in [0, 0.05) is 18.9 Å². The van der Waals surface area contributed by atoms with Crippen molar-refractivity contribution in [1.82, 2.24) is 9.36 Å². The van der Waals surface area contributed by atoms with Crippen LogP contribution in [-0.2, 0) is 0 Å². The Labute approximate surface area is 122 Å². The maximum absolute atomic E-state index is 9.57. The summed E-state index contributed by atoms with van der Waals surface area (Å²) < 4.78 is 4.24. The molecule has 0 bridgehead atoms. The number of anilines is 2. The third kappa shape index (κ3) is 2.76. The van der Waals surface area contributed by atoms with Crippen molar-refractivity contribution in [3.05, 3.63) is 24.5 Å².